The van der Waals surface area contributed by atoms with Gasteiger partial charge in [-0.05, 0) is 86.6 Å². The summed E-state index contributed by atoms with van der Waals surface area (Å²) in [7, 11) is 0. The van der Waals surface area contributed by atoms with Gasteiger partial charge in [0.25, 0.3) is 5.91 Å². The zero-order chi connectivity index (χ0) is 18.1. The van der Waals surface area contributed by atoms with Gasteiger partial charge in [0.15, 0.2) is 0 Å². The first-order chi connectivity index (χ1) is 12.5. The Labute approximate surface area is 166 Å². The van der Waals surface area contributed by atoms with E-state index in [1.54, 1.807) is 24.3 Å². The molecule has 1 aromatic rings. The Kier molecular flexibility index (Phi) is 6.11. The minimum atomic E-state index is -0.392. The van der Waals surface area contributed by atoms with E-state index in [0.29, 0.717) is 11.3 Å². The highest BCUT2D eigenvalue weighted by Gasteiger charge is 2.51. The number of ether oxygens (including phenoxy) is 1. The highest BCUT2D eigenvalue weighted by molar-refractivity contribution is 5.94. The summed E-state index contributed by atoms with van der Waals surface area (Å²) < 4.78 is 18.7. The van der Waals surface area contributed by atoms with Crippen molar-refractivity contribution in [3.05, 3.63) is 41.7 Å². The van der Waals surface area contributed by atoms with E-state index in [0.717, 1.165) is 37.0 Å². The van der Waals surface area contributed by atoms with Crippen LogP contribution in [0.3, 0.4) is 0 Å². The Morgan fingerprint density at radius 3 is 2.22 bits per heavy atom. The van der Waals surface area contributed by atoms with Gasteiger partial charge in [-0.2, -0.15) is 0 Å². The molecule has 148 valence electrons. The van der Waals surface area contributed by atoms with E-state index in [2.05, 4.69) is 5.32 Å². The second kappa shape index (κ2) is 8.19. The number of carbonyl (C=O) groups excluding carboxylic acids is 1. The van der Waals surface area contributed by atoms with Crippen molar-refractivity contribution >= 4 is 18.3 Å². The number of nitrogens with two attached hydrogens (primary N) is 1. The third kappa shape index (κ3) is 4.46. The van der Waals surface area contributed by atoms with Crippen LogP contribution < -0.4 is 15.8 Å². The molecule has 4 aliphatic carbocycles. The summed E-state index contributed by atoms with van der Waals surface area (Å²) in [5.41, 5.74) is 5.90. The molecular weight excluding hydrogens is 367 g/mol. The standard InChI is InChI=1S/C21H27FN2O2.ClH/c22-18(5-6-23)13-26-19-3-1-17(2-4-19)20(25)24-21-10-14-7-15(11-21)9-16(8-14)12-21;/h1-5,14-16H,6-13,23H2,(H,24,25);1H. The van der Waals surface area contributed by atoms with E-state index >= 15 is 0 Å². The van der Waals surface area contributed by atoms with Crippen LogP contribution in [0.5, 0.6) is 5.75 Å². The summed E-state index contributed by atoms with van der Waals surface area (Å²) in [6.45, 7) is 0.00857. The molecule has 0 aliphatic heterocycles. The predicted molar refractivity (Wildman–Crippen MR) is 106 cm³/mol. The van der Waals surface area contributed by atoms with E-state index in [1.807, 2.05) is 0 Å². The molecule has 4 saturated carbocycles. The molecule has 4 nitrogen and oxygen atoms in total. The first kappa shape index (κ1) is 20.2. The topological polar surface area (TPSA) is 64.3 Å². The largest absolute Gasteiger partial charge is 0.487 e. The molecule has 27 heavy (non-hydrogen) atoms. The van der Waals surface area contributed by atoms with Crippen LogP contribution in [0.1, 0.15) is 48.9 Å². The van der Waals surface area contributed by atoms with Crippen molar-refractivity contribution in [1.82, 2.24) is 5.32 Å². The van der Waals surface area contributed by atoms with Crippen LogP contribution >= 0.6 is 12.4 Å². The van der Waals surface area contributed by atoms with Crippen molar-refractivity contribution < 1.29 is 13.9 Å². The van der Waals surface area contributed by atoms with E-state index in [9.17, 15) is 9.18 Å². The van der Waals surface area contributed by atoms with Gasteiger partial charge >= 0.3 is 0 Å². The maximum atomic E-state index is 13.3. The van der Waals surface area contributed by atoms with Gasteiger partial charge in [-0.15, -0.1) is 12.4 Å². The molecule has 0 unspecified atom stereocenters. The normalized spacial score (nSPS) is 31.3. The number of rotatable bonds is 6. The Morgan fingerprint density at radius 2 is 1.70 bits per heavy atom. The highest BCUT2D eigenvalue weighted by Crippen LogP contribution is 2.55. The second-order valence-corrected chi connectivity index (χ2v) is 8.35. The quantitative estimate of drug-likeness (QED) is 0.766. The zero-order valence-electron chi connectivity index (χ0n) is 15.5. The first-order valence-electron chi connectivity index (χ1n) is 9.65. The zero-order valence-corrected chi connectivity index (χ0v) is 16.3. The van der Waals surface area contributed by atoms with Gasteiger partial charge in [0.2, 0.25) is 0 Å². The lowest BCUT2D eigenvalue weighted by atomic mass is 9.53. The van der Waals surface area contributed by atoms with Crippen LogP contribution in [-0.2, 0) is 0 Å². The summed E-state index contributed by atoms with van der Waals surface area (Å²) in [5, 5.41) is 3.36. The van der Waals surface area contributed by atoms with E-state index in [-0.39, 0.29) is 37.0 Å². The van der Waals surface area contributed by atoms with Crippen molar-refractivity contribution in [2.24, 2.45) is 23.5 Å². The molecular formula is C21H28ClFN2O2. The number of halogens is 2. The Morgan fingerprint density at radius 1 is 1.15 bits per heavy atom. The smallest absolute Gasteiger partial charge is 0.251 e. The van der Waals surface area contributed by atoms with Crippen LogP contribution in [0.4, 0.5) is 4.39 Å². The maximum absolute atomic E-state index is 13.3. The fraction of sp³-hybridized carbons (Fsp3) is 0.571. The third-order valence-corrected chi connectivity index (χ3v) is 6.25. The first-order valence-corrected chi connectivity index (χ1v) is 9.65. The number of amides is 1. The van der Waals surface area contributed by atoms with Crippen molar-refractivity contribution in [2.75, 3.05) is 13.2 Å². The molecule has 0 heterocycles. The van der Waals surface area contributed by atoms with Gasteiger partial charge in [-0.25, -0.2) is 4.39 Å². The molecule has 0 saturated heterocycles. The summed E-state index contributed by atoms with van der Waals surface area (Å²) >= 11 is 0. The monoisotopic (exact) mass is 394 g/mol. The lowest BCUT2D eigenvalue weighted by Crippen LogP contribution is -2.59. The molecule has 4 fully saturated rings. The van der Waals surface area contributed by atoms with E-state index in [1.165, 1.54) is 25.3 Å². The summed E-state index contributed by atoms with van der Waals surface area (Å²) in [4.78, 5) is 12.8. The summed E-state index contributed by atoms with van der Waals surface area (Å²) in [5.74, 6) is 2.54. The molecule has 3 N–H and O–H groups in total. The molecule has 1 amide bonds. The number of hydrogen-bond donors (Lipinski definition) is 2. The number of carbonyl (C=O) groups is 1. The van der Waals surface area contributed by atoms with Gasteiger partial charge in [-0.3, -0.25) is 4.79 Å². The Hall–Kier alpha value is -1.59. The van der Waals surface area contributed by atoms with Gasteiger partial charge in [0.1, 0.15) is 18.2 Å². The average molecular weight is 395 g/mol. The van der Waals surface area contributed by atoms with Crippen LogP contribution in [0, 0.1) is 17.8 Å². The highest BCUT2D eigenvalue weighted by atomic mass is 35.5. The third-order valence-electron chi connectivity index (χ3n) is 6.25. The van der Waals surface area contributed by atoms with Crippen molar-refractivity contribution in [2.45, 2.75) is 44.1 Å². The number of nitrogens with one attached hydrogen (secondary N) is 1. The fourth-order valence-corrected chi connectivity index (χ4v) is 5.62. The summed E-state index contributed by atoms with van der Waals surface area (Å²) in [6, 6.07) is 6.92. The molecule has 5 rings (SSSR count). The average Bonchev–Trinajstić information content (AvgIpc) is 2.59. The van der Waals surface area contributed by atoms with Crippen LogP contribution in [0.15, 0.2) is 36.2 Å². The van der Waals surface area contributed by atoms with Gasteiger partial charge in [0.05, 0.1) is 0 Å². The lowest BCUT2D eigenvalue weighted by molar-refractivity contribution is -0.0167. The molecule has 0 radical (unpaired) electrons. The molecule has 0 aromatic heterocycles. The van der Waals surface area contributed by atoms with Crippen molar-refractivity contribution in [3.63, 3.8) is 0 Å². The van der Waals surface area contributed by atoms with Gasteiger partial charge < -0.3 is 15.8 Å². The predicted octanol–water partition coefficient (Wildman–Crippen LogP) is 4.00. The Bertz CT molecular complexity index is 669. The molecule has 4 aliphatic rings. The lowest BCUT2D eigenvalue weighted by Gasteiger charge is -2.56. The van der Waals surface area contributed by atoms with Crippen LogP contribution in [0.25, 0.3) is 0 Å². The molecule has 1 aromatic carbocycles. The SMILES string of the molecule is Cl.NCC=C(F)COc1ccc(C(=O)NC23CC4CC(CC(C4)C2)C3)cc1. The van der Waals surface area contributed by atoms with Crippen molar-refractivity contribution in [3.8, 4) is 5.75 Å². The number of benzene rings is 1. The maximum Gasteiger partial charge on any atom is 0.251 e. The summed E-state index contributed by atoms with van der Waals surface area (Å²) in [6.07, 6.45) is 8.77. The van der Waals surface area contributed by atoms with Crippen LogP contribution in [0.2, 0.25) is 0 Å². The van der Waals surface area contributed by atoms with Gasteiger partial charge in [-0.1, -0.05) is 0 Å². The minimum absolute atomic E-state index is 0. The molecule has 4 bridgehead atoms. The number of hydrogen-bond acceptors (Lipinski definition) is 3. The fourth-order valence-electron chi connectivity index (χ4n) is 5.62. The Balaban J connectivity index is 0.00000210. The van der Waals surface area contributed by atoms with Gasteiger partial charge in [0, 0.05) is 17.6 Å². The second-order valence-electron chi connectivity index (χ2n) is 8.35. The van der Waals surface area contributed by atoms with Crippen LogP contribution in [-0.4, -0.2) is 24.6 Å². The molecule has 0 spiro atoms. The van der Waals surface area contributed by atoms with E-state index in [4.69, 9.17) is 10.5 Å². The van der Waals surface area contributed by atoms with Crippen molar-refractivity contribution in [1.29, 1.82) is 0 Å². The van der Waals surface area contributed by atoms with E-state index < -0.39 is 5.83 Å². The molecule has 0 atom stereocenters. The molecule has 6 heteroatoms. The minimum Gasteiger partial charge on any atom is -0.487 e.